The summed E-state index contributed by atoms with van der Waals surface area (Å²) in [6, 6.07) is 7.85. The molecular weight excluding hydrogens is 272 g/mol. The summed E-state index contributed by atoms with van der Waals surface area (Å²) in [6.07, 6.45) is 3.57. The fourth-order valence-electron chi connectivity index (χ4n) is 2.84. The summed E-state index contributed by atoms with van der Waals surface area (Å²) in [6.45, 7) is 4.70. The summed E-state index contributed by atoms with van der Waals surface area (Å²) in [5.41, 5.74) is 1.18. The van der Waals surface area contributed by atoms with E-state index in [1.807, 2.05) is 38.1 Å². The molecule has 0 bridgehead atoms. The highest BCUT2D eigenvalue weighted by molar-refractivity contribution is 7.89. The largest absolute Gasteiger partial charge is 0.466 e. The molecular formula is C16H20O3S. The second-order valence-electron chi connectivity index (χ2n) is 5.53. The van der Waals surface area contributed by atoms with E-state index in [0.717, 1.165) is 47.8 Å². The molecule has 4 heteroatoms. The zero-order valence-corrected chi connectivity index (χ0v) is 12.8. The van der Waals surface area contributed by atoms with Gasteiger partial charge in [0.15, 0.2) is 0 Å². The Balaban J connectivity index is 1.83. The molecule has 0 unspecified atom stereocenters. The number of rotatable bonds is 2. The van der Waals surface area contributed by atoms with Gasteiger partial charge in [-0.3, -0.25) is 0 Å². The number of allylic oxidation sites excluding steroid dienone is 2. The molecule has 1 spiro atoms. The Kier molecular flexibility index (Phi) is 3.69. The Labute approximate surface area is 122 Å². The lowest BCUT2D eigenvalue weighted by molar-refractivity contribution is -0.195. The molecule has 0 amide bonds. The van der Waals surface area contributed by atoms with Crippen molar-refractivity contribution in [2.24, 2.45) is 0 Å². The highest BCUT2D eigenvalue weighted by atomic mass is 32.2. The van der Waals surface area contributed by atoms with Gasteiger partial charge in [-0.15, -0.1) is 0 Å². The number of aryl methyl sites for hydroxylation is 1. The van der Waals surface area contributed by atoms with Gasteiger partial charge in [-0.1, -0.05) is 17.7 Å². The minimum atomic E-state index is -1.13. The zero-order valence-electron chi connectivity index (χ0n) is 12.0. The zero-order chi connectivity index (χ0) is 14.2. The minimum Gasteiger partial charge on any atom is -0.466 e. The molecule has 3 rings (SSSR count). The Morgan fingerprint density at radius 1 is 1.15 bits per heavy atom. The van der Waals surface area contributed by atoms with Gasteiger partial charge >= 0.3 is 0 Å². The molecule has 1 saturated heterocycles. The van der Waals surface area contributed by atoms with E-state index >= 15 is 0 Å². The van der Waals surface area contributed by atoms with Crippen LogP contribution < -0.4 is 0 Å². The van der Waals surface area contributed by atoms with Gasteiger partial charge in [0, 0.05) is 17.7 Å². The van der Waals surface area contributed by atoms with Crippen LogP contribution in [0, 0.1) is 6.92 Å². The first-order valence-electron chi connectivity index (χ1n) is 7.11. The van der Waals surface area contributed by atoms with Crippen LogP contribution in [0.5, 0.6) is 0 Å². The molecule has 0 saturated carbocycles. The van der Waals surface area contributed by atoms with Crippen molar-refractivity contribution in [3.63, 3.8) is 0 Å². The van der Waals surface area contributed by atoms with Crippen LogP contribution in [-0.2, 0) is 20.3 Å². The summed E-state index contributed by atoms with van der Waals surface area (Å²) >= 11 is 0. The van der Waals surface area contributed by atoms with Crippen LogP contribution in [0.4, 0.5) is 0 Å². The van der Waals surface area contributed by atoms with Gasteiger partial charge < -0.3 is 9.47 Å². The van der Waals surface area contributed by atoms with E-state index in [4.69, 9.17) is 9.47 Å². The average molecular weight is 292 g/mol. The molecule has 20 heavy (non-hydrogen) atoms. The Morgan fingerprint density at radius 3 is 2.50 bits per heavy atom. The van der Waals surface area contributed by atoms with Crippen molar-refractivity contribution in [3.8, 4) is 0 Å². The van der Waals surface area contributed by atoms with Crippen molar-refractivity contribution in [2.45, 2.75) is 50.2 Å². The Morgan fingerprint density at radius 2 is 1.90 bits per heavy atom. The van der Waals surface area contributed by atoms with Gasteiger partial charge in [-0.05, 0) is 38.8 Å². The molecule has 2 heterocycles. The molecule has 1 aromatic rings. The SMILES string of the molecule is CC1=C([S@@](=O)c2ccc(C)cc2)CC[C@]2(CCCO2)O1. The molecule has 0 radical (unpaired) electrons. The summed E-state index contributed by atoms with van der Waals surface area (Å²) in [7, 11) is -1.13. The summed E-state index contributed by atoms with van der Waals surface area (Å²) in [5, 5.41) is 0. The van der Waals surface area contributed by atoms with E-state index < -0.39 is 16.6 Å². The van der Waals surface area contributed by atoms with Crippen LogP contribution in [0.3, 0.4) is 0 Å². The third-order valence-electron chi connectivity index (χ3n) is 3.99. The molecule has 0 N–H and O–H groups in total. The third-order valence-corrected chi connectivity index (χ3v) is 5.63. The van der Waals surface area contributed by atoms with Gasteiger partial charge in [0.2, 0.25) is 5.79 Å². The third kappa shape index (κ3) is 2.54. The highest BCUT2D eigenvalue weighted by Crippen LogP contribution is 2.41. The van der Waals surface area contributed by atoms with E-state index in [0.29, 0.717) is 0 Å². The fraction of sp³-hybridized carbons (Fsp3) is 0.500. The predicted molar refractivity (Wildman–Crippen MR) is 78.5 cm³/mol. The molecule has 1 aromatic carbocycles. The van der Waals surface area contributed by atoms with E-state index in [2.05, 4.69) is 0 Å². The first-order chi connectivity index (χ1) is 9.60. The van der Waals surface area contributed by atoms with E-state index in [-0.39, 0.29) is 0 Å². The average Bonchev–Trinajstić information content (AvgIpc) is 2.87. The summed E-state index contributed by atoms with van der Waals surface area (Å²) < 4.78 is 24.4. The molecule has 1 fully saturated rings. The summed E-state index contributed by atoms with van der Waals surface area (Å²) in [5.74, 6) is 0.336. The molecule has 2 aliphatic heterocycles. The van der Waals surface area contributed by atoms with Crippen molar-refractivity contribution in [1.29, 1.82) is 0 Å². The first kappa shape index (κ1) is 13.8. The monoisotopic (exact) mass is 292 g/mol. The maximum Gasteiger partial charge on any atom is 0.210 e. The van der Waals surface area contributed by atoms with Crippen LogP contribution in [0.1, 0.15) is 38.2 Å². The minimum absolute atomic E-state index is 0.439. The lowest BCUT2D eigenvalue weighted by Gasteiger charge is -2.34. The van der Waals surface area contributed by atoms with Crippen LogP contribution in [0.15, 0.2) is 39.8 Å². The van der Waals surface area contributed by atoms with E-state index in [1.54, 1.807) is 0 Å². The lowest BCUT2D eigenvalue weighted by Crippen LogP contribution is -2.34. The van der Waals surface area contributed by atoms with Crippen LogP contribution >= 0.6 is 0 Å². The molecule has 3 nitrogen and oxygen atoms in total. The molecule has 2 atom stereocenters. The molecule has 108 valence electrons. The van der Waals surface area contributed by atoms with Crippen molar-refractivity contribution < 1.29 is 13.7 Å². The predicted octanol–water partition coefficient (Wildman–Crippen LogP) is 3.65. The Hall–Kier alpha value is -1.13. The fourth-order valence-corrected chi connectivity index (χ4v) is 4.10. The van der Waals surface area contributed by atoms with Crippen molar-refractivity contribution in [2.75, 3.05) is 6.61 Å². The quantitative estimate of drug-likeness (QED) is 0.834. The van der Waals surface area contributed by atoms with Crippen LogP contribution in [-0.4, -0.2) is 16.6 Å². The van der Waals surface area contributed by atoms with Crippen molar-refractivity contribution in [1.82, 2.24) is 0 Å². The first-order valence-corrected chi connectivity index (χ1v) is 8.26. The second kappa shape index (κ2) is 5.34. The highest BCUT2D eigenvalue weighted by Gasteiger charge is 2.41. The van der Waals surface area contributed by atoms with Gasteiger partial charge in [0.25, 0.3) is 0 Å². The van der Waals surface area contributed by atoms with E-state index in [9.17, 15) is 4.21 Å². The maximum atomic E-state index is 12.7. The topological polar surface area (TPSA) is 35.5 Å². The molecule has 0 aromatic heterocycles. The van der Waals surface area contributed by atoms with Gasteiger partial charge in [-0.25, -0.2) is 4.21 Å². The van der Waals surface area contributed by atoms with Gasteiger partial charge in [0.1, 0.15) is 5.76 Å². The second-order valence-corrected chi connectivity index (χ2v) is 7.03. The van der Waals surface area contributed by atoms with Crippen molar-refractivity contribution >= 4 is 10.8 Å². The number of hydrogen-bond acceptors (Lipinski definition) is 3. The standard InChI is InChI=1S/C16H20O3S/c1-12-4-6-14(7-5-12)20(17)15-8-10-16(19-13(15)2)9-3-11-18-16/h4-7H,3,8-11H2,1-2H3/t16-,20-/m0/s1. The normalized spacial score (nSPS) is 27.7. The molecule has 0 aliphatic carbocycles. The van der Waals surface area contributed by atoms with Crippen LogP contribution in [0.25, 0.3) is 0 Å². The number of ether oxygens (including phenoxy) is 2. The number of benzene rings is 1. The smallest absolute Gasteiger partial charge is 0.210 e. The maximum absolute atomic E-state index is 12.7. The van der Waals surface area contributed by atoms with Crippen molar-refractivity contribution in [3.05, 3.63) is 40.5 Å². The van der Waals surface area contributed by atoms with Gasteiger partial charge in [0.05, 0.1) is 22.3 Å². The molecule has 2 aliphatic rings. The van der Waals surface area contributed by atoms with Gasteiger partial charge in [-0.2, -0.15) is 0 Å². The van der Waals surface area contributed by atoms with E-state index in [1.165, 1.54) is 5.56 Å². The lowest BCUT2D eigenvalue weighted by atomic mass is 10.0. The summed E-state index contributed by atoms with van der Waals surface area (Å²) in [4.78, 5) is 1.74. The Bertz CT molecular complexity index is 554. The van der Waals surface area contributed by atoms with Crippen LogP contribution in [0.2, 0.25) is 0 Å². The number of hydrogen-bond donors (Lipinski definition) is 0.